The Morgan fingerprint density at radius 2 is 1.82 bits per heavy atom. The summed E-state index contributed by atoms with van der Waals surface area (Å²) in [6.07, 6.45) is 1.83. The standard InChI is InChI=1S/C14H15BrN2/c1-10-4-3-5-11(2)13(10)9-16-12-6-7-14(15)17-8-12/h3-8,16H,9H2,1-2H3. The van der Waals surface area contributed by atoms with Gasteiger partial charge in [0.25, 0.3) is 0 Å². The Morgan fingerprint density at radius 1 is 1.12 bits per heavy atom. The molecule has 0 atom stereocenters. The third-order valence-corrected chi connectivity index (χ3v) is 3.31. The molecule has 88 valence electrons. The van der Waals surface area contributed by atoms with Crippen LogP contribution in [0.3, 0.4) is 0 Å². The van der Waals surface area contributed by atoms with E-state index in [0.29, 0.717) is 0 Å². The number of nitrogens with zero attached hydrogens (tertiary/aromatic N) is 1. The number of aryl methyl sites for hydroxylation is 2. The number of nitrogens with one attached hydrogen (secondary N) is 1. The maximum Gasteiger partial charge on any atom is 0.106 e. The van der Waals surface area contributed by atoms with Crippen molar-refractivity contribution in [1.82, 2.24) is 4.98 Å². The summed E-state index contributed by atoms with van der Waals surface area (Å²) in [5.74, 6) is 0. The van der Waals surface area contributed by atoms with Crippen molar-refractivity contribution in [3.8, 4) is 0 Å². The van der Waals surface area contributed by atoms with E-state index in [2.05, 4.69) is 58.3 Å². The van der Waals surface area contributed by atoms with Crippen molar-refractivity contribution < 1.29 is 0 Å². The van der Waals surface area contributed by atoms with Gasteiger partial charge in [-0.15, -0.1) is 0 Å². The van der Waals surface area contributed by atoms with E-state index in [1.54, 1.807) is 0 Å². The number of benzene rings is 1. The lowest BCUT2D eigenvalue weighted by atomic mass is 10.0. The van der Waals surface area contributed by atoms with Gasteiger partial charge >= 0.3 is 0 Å². The van der Waals surface area contributed by atoms with E-state index in [1.807, 2.05) is 18.3 Å². The van der Waals surface area contributed by atoms with Crippen molar-refractivity contribution >= 4 is 21.6 Å². The monoisotopic (exact) mass is 290 g/mol. The zero-order valence-corrected chi connectivity index (χ0v) is 11.6. The minimum atomic E-state index is 0.835. The molecule has 2 aromatic rings. The van der Waals surface area contributed by atoms with Crippen molar-refractivity contribution in [3.63, 3.8) is 0 Å². The molecule has 0 fully saturated rings. The Kier molecular flexibility index (Phi) is 3.79. The second kappa shape index (κ2) is 5.32. The van der Waals surface area contributed by atoms with Gasteiger partial charge in [-0.2, -0.15) is 0 Å². The highest BCUT2D eigenvalue weighted by molar-refractivity contribution is 9.10. The van der Waals surface area contributed by atoms with Crippen molar-refractivity contribution in [1.29, 1.82) is 0 Å². The predicted molar refractivity (Wildman–Crippen MR) is 75.2 cm³/mol. The molecule has 0 amide bonds. The summed E-state index contributed by atoms with van der Waals surface area (Å²) in [5.41, 5.74) is 5.04. The van der Waals surface area contributed by atoms with Gasteiger partial charge in [0.2, 0.25) is 0 Å². The largest absolute Gasteiger partial charge is 0.380 e. The number of hydrogen-bond acceptors (Lipinski definition) is 2. The van der Waals surface area contributed by atoms with Gasteiger partial charge in [0.1, 0.15) is 4.60 Å². The van der Waals surface area contributed by atoms with E-state index in [9.17, 15) is 0 Å². The fraction of sp³-hybridized carbons (Fsp3) is 0.214. The maximum atomic E-state index is 4.19. The quantitative estimate of drug-likeness (QED) is 0.862. The molecule has 0 radical (unpaired) electrons. The first-order valence-electron chi connectivity index (χ1n) is 5.57. The van der Waals surface area contributed by atoms with E-state index in [0.717, 1.165) is 16.8 Å². The van der Waals surface area contributed by atoms with Crippen LogP contribution in [-0.4, -0.2) is 4.98 Å². The van der Waals surface area contributed by atoms with E-state index >= 15 is 0 Å². The van der Waals surface area contributed by atoms with Crippen molar-refractivity contribution in [2.75, 3.05) is 5.32 Å². The number of pyridine rings is 1. The van der Waals surface area contributed by atoms with E-state index in [4.69, 9.17) is 0 Å². The summed E-state index contributed by atoms with van der Waals surface area (Å²) >= 11 is 3.33. The second-order valence-corrected chi connectivity index (χ2v) is 4.91. The van der Waals surface area contributed by atoms with Gasteiger partial charge < -0.3 is 5.32 Å². The van der Waals surface area contributed by atoms with E-state index in [1.165, 1.54) is 16.7 Å². The molecule has 0 aliphatic rings. The highest BCUT2D eigenvalue weighted by atomic mass is 79.9. The Balaban J connectivity index is 2.10. The van der Waals surface area contributed by atoms with Gasteiger partial charge in [0.05, 0.1) is 11.9 Å². The molecule has 0 unspecified atom stereocenters. The van der Waals surface area contributed by atoms with Crippen molar-refractivity contribution in [2.24, 2.45) is 0 Å². The van der Waals surface area contributed by atoms with Gasteiger partial charge in [-0.3, -0.25) is 0 Å². The van der Waals surface area contributed by atoms with Crippen LogP contribution in [0, 0.1) is 13.8 Å². The number of anilines is 1. The molecule has 0 saturated heterocycles. The molecule has 0 aliphatic carbocycles. The summed E-state index contributed by atoms with van der Waals surface area (Å²) in [6.45, 7) is 5.12. The summed E-state index contributed by atoms with van der Waals surface area (Å²) < 4.78 is 0.857. The lowest BCUT2D eigenvalue weighted by Crippen LogP contribution is -2.03. The molecule has 3 heteroatoms. The van der Waals surface area contributed by atoms with E-state index < -0.39 is 0 Å². The molecule has 0 bridgehead atoms. The minimum Gasteiger partial charge on any atom is -0.380 e. The van der Waals surface area contributed by atoms with Crippen LogP contribution in [0.15, 0.2) is 41.1 Å². The molecule has 1 aromatic carbocycles. The fourth-order valence-corrected chi connectivity index (χ4v) is 2.03. The molecule has 17 heavy (non-hydrogen) atoms. The first-order valence-corrected chi connectivity index (χ1v) is 6.36. The molecule has 1 N–H and O–H groups in total. The average molecular weight is 291 g/mol. The topological polar surface area (TPSA) is 24.9 Å². The van der Waals surface area contributed by atoms with Crippen molar-refractivity contribution in [3.05, 3.63) is 57.8 Å². The van der Waals surface area contributed by atoms with E-state index in [-0.39, 0.29) is 0 Å². The smallest absolute Gasteiger partial charge is 0.106 e. The summed E-state index contributed by atoms with van der Waals surface area (Å²) in [7, 11) is 0. The van der Waals surface area contributed by atoms with Crippen LogP contribution in [0.2, 0.25) is 0 Å². The Hall–Kier alpha value is -1.35. The van der Waals surface area contributed by atoms with Gasteiger partial charge in [-0.1, -0.05) is 18.2 Å². The first-order chi connectivity index (χ1) is 8.16. The Morgan fingerprint density at radius 3 is 2.41 bits per heavy atom. The molecular weight excluding hydrogens is 276 g/mol. The molecule has 1 heterocycles. The highest BCUT2D eigenvalue weighted by Crippen LogP contribution is 2.16. The van der Waals surface area contributed by atoms with Gasteiger partial charge in [-0.05, 0) is 58.6 Å². The number of hydrogen-bond donors (Lipinski definition) is 1. The Labute approximate surface area is 110 Å². The molecule has 2 nitrogen and oxygen atoms in total. The number of rotatable bonds is 3. The third-order valence-electron chi connectivity index (χ3n) is 2.84. The Bertz CT molecular complexity index is 486. The SMILES string of the molecule is Cc1cccc(C)c1CNc1ccc(Br)nc1. The number of aromatic nitrogens is 1. The molecule has 2 rings (SSSR count). The highest BCUT2D eigenvalue weighted by Gasteiger charge is 2.01. The zero-order chi connectivity index (χ0) is 12.3. The first kappa shape index (κ1) is 12.1. The van der Waals surface area contributed by atoms with Crippen LogP contribution in [0.5, 0.6) is 0 Å². The molecule has 0 spiro atoms. The van der Waals surface area contributed by atoms with Crippen LogP contribution in [0.1, 0.15) is 16.7 Å². The predicted octanol–water partition coefficient (Wildman–Crippen LogP) is 4.07. The lowest BCUT2D eigenvalue weighted by molar-refractivity contribution is 1.08. The van der Waals surface area contributed by atoms with Crippen molar-refractivity contribution in [2.45, 2.75) is 20.4 Å². The van der Waals surface area contributed by atoms with Crippen LogP contribution in [0.25, 0.3) is 0 Å². The minimum absolute atomic E-state index is 0.835. The van der Waals surface area contributed by atoms with Gasteiger partial charge in [0.15, 0.2) is 0 Å². The lowest BCUT2D eigenvalue weighted by Gasteiger charge is -2.11. The summed E-state index contributed by atoms with van der Waals surface area (Å²) in [6, 6.07) is 10.3. The zero-order valence-electron chi connectivity index (χ0n) is 10.00. The summed E-state index contributed by atoms with van der Waals surface area (Å²) in [4.78, 5) is 4.19. The molecule has 1 aromatic heterocycles. The molecule has 0 saturated carbocycles. The average Bonchev–Trinajstić information content (AvgIpc) is 2.31. The van der Waals surface area contributed by atoms with Crippen LogP contribution >= 0.6 is 15.9 Å². The third kappa shape index (κ3) is 3.07. The molecular formula is C14H15BrN2. The van der Waals surface area contributed by atoms with Crippen LogP contribution in [0.4, 0.5) is 5.69 Å². The second-order valence-electron chi connectivity index (χ2n) is 4.09. The van der Waals surface area contributed by atoms with Gasteiger partial charge in [0, 0.05) is 6.54 Å². The van der Waals surface area contributed by atoms with Gasteiger partial charge in [-0.25, -0.2) is 4.98 Å². The fourth-order valence-electron chi connectivity index (χ4n) is 1.80. The maximum absolute atomic E-state index is 4.19. The van der Waals surface area contributed by atoms with Crippen LogP contribution < -0.4 is 5.32 Å². The number of halogens is 1. The summed E-state index contributed by atoms with van der Waals surface area (Å²) in [5, 5.41) is 3.39. The van der Waals surface area contributed by atoms with Crippen LogP contribution in [-0.2, 0) is 6.54 Å². The normalized spacial score (nSPS) is 10.3. The molecule has 0 aliphatic heterocycles.